The van der Waals surface area contributed by atoms with E-state index in [0.29, 0.717) is 62.6 Å². The van der Waals surface area contributed by atoms with Crippen LogP contribution in [0.5, 0.6) is 23.0 Å². The number of benzene rings is 6. The highest BCUT2D eigenvalue weighted by Crippen LogP contribution is 2.47. The fourth-order valence-corrected chi connectivity index (χ4v) is 7.48. The lowest BCUT2D eigenvalue weighted by atomic mass is 9.70. The van der Waals surface area contributed by atoms with E-state index in [2.05, 4.69) is 91.3 Å². The molecule has 0 aliphatic heterocycles. The number of terminal acetylenes is 4. The summed E-state index contributed by atoms with van der Waals surface area (Å²) in [4.78, 5) is 0. The van der Waals surface area contributed by atoms with Crippen LogP contribution in [0.1, 0.15) is 23.6 Å². The van der Waals surface area contributed by atoms with Gasteiger partial charge < -0.3 is 37.9 Å². The van der Waals surface area contributed by atoms with Crippen molar-refractivity contribution >= 4 is 0 Å². The average molecular weight is 879 g/mol. The smallest absolute Gasteiger partial charge is 0.127 e. The van der Waals surface area contributed by atoms with Gasteiger partial charge in [-0.15, -0.1) is 25.7 Å². The molecule has 334 valence electrons. The summed E-state index contributed by atoms with van der Waals surface area (Å²) >= 11 is 0. The van der Waals surface area contributed by atoms with Gasteiger partial charge in [0.05, 0.1) is 26.4 Å². The molecule has 0 bridgehead atoms. The first kappa shape index (κ1) is 48.1. The van der Waals surface area contributed by atoms with Crippen LogP contribution in [0.3, 0.4) is 0 Å². The third-order valence-electron chi connectivity index (χ3n) is 10.7. The first-order valence-electron chi connectivity index (χ1n) is 21.7. The van der Waals surface area contributed by atoms with E-state index < -0.39 is 5.41 Å². The molecule has 0 aliphatic rings. The fraction of sp³-hybridized carbons (Fsp3) is 0.241. The largest absolute Gasteiger partial charge is 0.491 e. The van der Waals surface area contributed by atoms with Gasteiger partial charge in [0.25, 0.3) is 0 Å². The third-order valence-corrected chi connectivity index (χ3v) is 10.7. The normalized spacial score (nSPS) is 10.8. The highest BCUT2D eigenvalue weighted by atomic mass is 16.5. The summed E-state index contributed by atoms with van der Waals surface area (Å²) in [5.74, 6) is 12.7. The zero-order valence-corrected chi connectivity index (χ0v) is 37.3. The van der Waals surface area contributed by atoms with Crippen LogP contribution in [0, 0.1) is 49.4 Å². The molecule has 8 heteroatoms. The monoisotopic (exact) mass is 878 g/mol. The Hall–Kier alpha value is -7.40. The van der Waals surface area contributed by atoms with Gasteiger partial charge in [0, 0.05) is 27.7 Å². The highest BCUT2D eigenvalue weighted by Gasteiger charge is 2.34. The van der Waals surface area contributed by atoms with Gasteiger partial charge >= 0.3 is 0 Å². The van der Waals surface area contributed by atoms with E-state index in [1.807, 2.05) is 78.9 Å². The minimum atomic E-state index is -0.765. The van der Waals surface area contributed by atoms with Crippen molar-refractivity contribution in [3.63, 3.8) is 0 Å². The first-order chi connectivity index (χ1) is 32.5. The van der Waals surface area contributed by atoms with Gasteiger partial charge in [-0.25, -0.2) is 0 Å². The summed E-state index contributed by atoms with van der Waals surface area (Å²) in [5, 5.41) is 0. The lowest BCUT2D eigenvalue weighted by molar-refractivity contribution is 0.124. The molecule has 0 heterocycles. The SMILES string of the molecule is C#CCOCCOc1ccccc1-c1cc(C(C)(c2ccc(-c3ccccc3)cc2)c2ccc(OCCOCC#C)c(-c3ccccc3OCCOCC#C)c2)ccc1OCCOCC#C. The summed E-state index contributed by atoms with van der Waals surface area (Å²) < 4.78 is 47.8. The Labute approximate surface area is 390 Å². The molecule has 0 radical (unpaired) electrons. The molecule has 0 aromatic heterocycles. The molecule has 0 aliphatic carbocycles. The molecular weight excluding hydrogens is 825 g/mol. The van der Waals surface area contributed by atoms with Crippen molar-refractivity contribution in [2.45, 2.75) is 12.3 Å². The number of hydrogen-bond donors (Lipinski definition) is 0. The Balaban J connectivity index is 1.52. The van der Waals surface area contributed by atoms with Gasteiger partial charge in [0.2, 0.25) is 0 Å². The second kappa shape index (κ2) is 25.8. The molecule has 8 nitrogen and oxygen atoms in total. The van der Waals surface area contributed by atoms with E-state index in [4.69, 9.17) is 63.6 Å². The molecule has 6 rings (SSSR count). The van der Waals surface area contributed by atoms with Gasteiger partial charge in [-0.3, -0.25) is 0 Å². The number of para-hydroxylation sites is 2. The van der Waals surface area contributed by atoms with Crippen LogP contribution in [0.25, 0.3) is 33.4 Å². The minimum Gasteiger partial charge on any atom is -0.491 e. The molecule has 6 aromatic carbocycles. The standard InChI is InChI=1S/C58H54O8/c1-6-31-59-35-39-63-54-21-15-13-19-50(54)52-43-48(27-29-56(52)65-41-37-61-33-8-3)58(5,47-25-23-46(24-26-47)45-17-11-10-12-18-45)49-28-30-57(66-42-38-62-34-9-4)53(44-49)51-20-14-16-22-55(51)64-40-36-60-32-7-2/h1-4,10-30,43-44H,31-42H2,5H3. The minimum absolute atomic E-state index is 0.192. The highest BCUT2D eigenvalue weighted by molar-refractivity contribution is 5.79. The third kappa shape index (κ3) is 12.9. The van der Waals surface area contributed by atoms with Gasteiger partial charge in [-0.2, -0.15) is 0 Å². The summed E-state index contributed by atoms with van der Waals surface area (Å²) in [6.07, 6.45) is 21.7. The van der Waals surface area contributed by atoms with E-state index >= 15 is 0 Å². The van der Waals surface area contributed by atoms with E-state index in [1.165, 1.54) is 0 Å². The quantitative estimate of drug-likeness (QED) is 0.0303. The van der Waals surface area contributed by atoms with E-state index in [9.17, 15) is 0 Å². The maximum atomic E-state index is 6.45. The van der Waals surface area contributed by atoms with Crippen molar-refractivity contribution in [1.29, 1.82) is 0 Å². The Morgan fingerprint density at radius 3 is 1.08 bits per heavy atom. The van der Waals surface area contributed by atoms with Gasteiger partial charge in [-0.1, -0.05) is 127 Å². The second-order valence-corrected chi connectivity index (χ2v) is 14.9. The van der Waals surface area contributed by atoms with Crippen molar-refractivity contribution in [1.82, 2.24) is 0 Å². The van der Waals surface area contributed by atoms with Crippen LogP contribution in [-0.2, 0) is 24.4 Å². The summed E-state index contributed by atoms with van der Waals surface area (Å²) in [7, 11) is 0. The molecule has 0 unspecified atom stereocenters. The summed E-state index contributed by atoms with van der Waals surface area (Å²) in [5.41, 5.74) is 7.83. The van der Waals surface area contributed by atoms with Crippen LogP contribution < -0.4 is 18.9 Å². The van der Waals surface area contributed by atoms with Gasteiger partial charge in [0.15, 0.2) is 0 Å². The Bertz CT molecular complexity index is 2490. The zero-order valence-electron chi connectivity index (χ0n) is 37.3. The second-order valence-electron chi connectivity index (χ2n) is 14.9. The van der Waals surface area contributed by atoms with Gasteiger partial charge in [0.1, 0.15) is 75.9 Å². The van der Waals surface area contributed by atoms with Crippen LogP contribution >= 0.6 is 0 Å². The Morgan fingerprint density at radius 1 is 0.348 bits per heavy atom. The first-order valence-corrected chi connectivity index (χ1v) is 21.7. The molecule has 0 saturated heterocycles. The molecular formula is C58H54O8. The summed E-state index contributed by atoms with van der Waals surface area (Å²) in [6.45, 7) is 5.50. The number of ether oxygens (including phenoxy) is 8. The molecule has 0 fully saturated rings. The Kier molecular flexibility index (Phi) is 18.8. The molecule has 6 aromatic rings. The average Bonchev–Trinajstić information content (AvgIpc) is 3.36. The van der Waals surface area contributed by atoms with Crippen LogP contribution in [0.2, 0.25) is 0 Å². The molecule has 66 heavy (non-hydrogen) atoms. The maximum Gasteiger partial charge on any atom is 0.127 e. The number of hydrogen-bond acceptors (Lipinski definition) is 8. The van der Waals surface area contributed by atoms with Crippen molar-refractivity contribution in [3.8, 4) is 106 Å². The van der Waals surface area contributed by atoms with Crippen molar-refractivity contribution < 1.29 is 37.9 Å². The lowest BCUT2D eigenvalue weighted by Gasteiger charge is -2.34. The predicted octanol–water partition coefficient (Wildman–Crippen LogP) is 10.2. The van der Waals surface area contributed by atoms with Crippen LogP contribution in [-0.4, -0.2) is 79.3 Å². The molecule has 0 atom stereocenters. The van der Waals surface area contributed by atoms with Gasteiger partial charge in [-0.05, 0) is 71.1 Å². The molecule has 0 saturated carbocycles. The molecule has 0 N–H and O–H groups in total. The predicted molar refractivity (Wildman–Crippen MR) is 262 cm³/mol. The van der Waals surface area contributed by atoms with Crippen molar-refractivity contribution in [2.75, 3.05) is 79.3 Å². The topological polar surface area (TPSA) is 73.8 Å². The van der Waals surface area contributed by atoms with Crippen LogP contribution in [0.15, 0.2) is 140 Å². The fourth-order valence-electron chi connectivity index (χ4n) is 7.48. The van der Waals surface area contributed by atoms with Crippen LogP contribution in [0.4, 0.5) is 0 Å². The van der Waals surface area contributed by atoms with E-state index in [-0.39, 0.29) is 39.6 Å². The van der Waals surface area contributed by atoms with Crippen molar-refractivity contribution in [3.05, 3.63) is 156 Å². The zero-order chi connectivity index (χ0) is 46.2. The number of rotatable bonds is 26. The van der Waals surface area contributed by atoms with E-state index in [0.717, 1.165) is 50.1 Å². The summed E-state index contributed by atoms with van der Waals surface area (Å²) in [6, 6.07) is 47.4. The molecule has 0 spiro atoms. The Morgan fingerprint density at radius 2 is 0.682 bits per heavy atom. The molecule has 0 amide bonds. The maximum absolute atomic E-state index is 6.45. The lowest BCUT2D eigenvalue weighted by Crippen LogP contribution is -2.26. The van der Waals surface area contributed by atoms with E-state index in [1.54, 1.807) is 0 Å². The van der Waals surface area contributed by atoms with Crippen molar-refractivity contribution in [2.24, 2.45) is 0 Å².